The molecule has 166 valence electrons. The van der Waals surface area contributed by atoms with Crippen molar-refractivity contribution in [2.75, 3.05) is 13.2 Å². The maximum atomic E-state index is 12.9. The van der Waals surface area contributed by atoms with Crippen molar-refractivity contribution in [3.05, 3.63) is 28.5 Å². The number of rotatable bonds is 4. The molecule has 1 saturated heterocycles. The van der Waals surface area contributed by atoms with Gasteiger partial charge in [0.2, 0.25) is 0 Å². The van der Waals surface area contributed by atoms with E-state index in [1.54, 1.807) is 23.1 Å². The van der Waals surface area contributed by atoms with Gasteiger partial charge in [0.15, 0.2) is 4.77 Å². The Balaban J connectivity index is 1.88. The maximum Gasteiger partial charge on any atom is 0.410 e. The third-order valence-corrected chi connectivity index (χ3v) is 5.11. The minimum atomic E-state index is -4.37. The first kappa shape index (κ1) is 22.6. The van der Waals surface area contributed by atoms with Gasteiger partial charge in [-0.05, 0) is 63.5 Å². The zero-order valence-corrected chi connectivity index (χ0v) is 18.0. The number of fused-ring (bicyclic) bond motifs is 1. The Hall–Kier alpha value is -2.07. The van der Waals surface area contributed by atoms with Gasteiger partial charge in [-0.1, -0.05) is 6.07 Å². The highest BCUT2D eigenvalue weighted by Crippen LogP contribution is 2.25. The molecule has 6 nitrogen and oxygen atoms in total. The molecule has 30 heavy (non-hydrogen) atoms. The SMILES string of the molecule is CC(C)(C)OC(=O)N(Cc1ccc2c(c1)[nH]c(=S)n2CC(F)(F)F)C1CCOCC1. The number of ether oxygens (including phenoxy) is 2. The summed E-state index contributed by atoms with van der Waals surface area (Å²) in [6.07, 6.45) is -3.39. The lowest BCUT2D eigenvalue weighted by atomic mass is 10.1. The van der Waals surface area contributed by atoms with Crippen LogP contribution in [0.2, 0.25) is 0 Å². The summed E-state index contributed by atoms with van der Waals surface area (Å²) in [7, 11) is 0. The highest BCUT2D eigenvalue weighted by atomic mass is 32.1. The number of hydrogen-bond donors (Lipinski definition) is 1. The van der Waals surface area contributed by atoms with Crippen LogP contribution in [0.5, 0.6) is 0 Å². The van der Waals surface area contributed by atoms with Gasteiger partial charge in [-0.25, -0.2) is 4.79 Å². The van der Waals surface area contributed by atoms with Crippen LogP contribution in [0.25, 0.3) is 11.0 Å². The fraction of sp³-hybridized carbons (Fsp3) is 0.600. The van der Waals surface area contributed by atoms with E-state index in [2.05, 4.69) is 4.98 Å². The molecule has 0 bridgehead atoms. The first-order valence-corrected chi connectivity index (χ1v) is 10.2. The van der Waals surface area contributed by atoms with Crippen LogP contribution in [0.3, 0.4) is 0 Å². The van der Waals surface area contributed by atoms with Crippen molar-refractivity contribution in [1.29, 1.82) is 0 Å². The van der Waals surface area contributed by atoms with Crippen LogP contribution in [0.15, 0.2) is 18.2 Å². The number of alkyl halides is 3. The summed E-state index contributed by atoms with van der Waals surface area (Å²) in [5.41, 5.74) is 1.01. The Morgan fingerprint density at radius 1 is 1.30 bits per heavy atom. The van der Waals surface area contributed by atoms with E-state index in [4.69, 9.17) is 21.7 Å². The molecule has 1 aromatic heterocycles. The Morgan fingerprint density at radius 3 is 2.57 bits per heavy atom. The van der Waals surface area contributed by atoms with Crippen molar-refractivity contribution in [1.82, 2.24) is 14.5 Å². The summed E-state index contributed by atoms with van der Waals surface area (Å²) in [4.78, 5) is 17.4. The summed E-state index contributed by atoms with van der Waals surface area (Å²) in [6, 6.07) is 5.01. The van der Waals surface area contributed by atoms with Gasteiger partial charge in [-0.15, -0.1) is 0 Å². The first-order valence-electron chi connectivity index (χ1n) is 9.78. The van der Waals surface area contributed by atoms with E-state index < -0.39 is 24.4 Å². The lowest BCUT2D eigenvalue weighted by Gasteiger charge is -2.35. The number of imidazole rings is 1. The second-order valence-corrected chi connectivity index (χ2v) is 8.82. The fourth-order valence-electron chi connectivity index (χ4n) is 3.50. The number of nitrogens with zero attached hydrogens (tertiary/aromatic N) is 2. The lowest BCUT2D eigenvalue weighted by Crippen LogP contribution is -2.45. The zero-order valence-electron chi connectivity index (χ0n) is 17.2. The zero-order chi connectivity index (χ0) is 22.1. The number of carbonyl (C=O) groups is 1. The van der Waals surface area contributed by atoms with E-state index in [1.807, 2.05) is 20.8 Å². The largest absolute Gasteiger partial charge is 0.444 e. The van der Waals surface area contributed by atoms with Crippen LogP contribution in [-0.4, -0.2) is 51.6 Å². The predicted octanol–water partition coefficient (Wildman–Crippen LogP) is 5.18. The number of aromatic nitrogens is 2. The van der Waals surface area contributed by atoms with E-state index >= 15 is 0 Å². The standard InChI is InChI=1S/C20H26F3N3O3S/c1-19(2,3)29-18(27)25(14-6-8-28-9-7-14)11-13-4-5-16-15(10-13)24-17(30)26(16)12-20(21,22)23/h4-5,10,14H,6-9,11-12H2,1-3H3,(H,24,30). The Labute approximate surface area is 177 Å². The Morgan fingerprint density at radius 2 is 1.97 bits per heavy atom. The molecular formula is C20H26F3N3O3S. The Kier molecular flexibility index (Phi) is 6.47. The molecule has 1 aliphatic rings. The average molecular weight is 446 g/mol. The summed E-state index contributed by atoms with van der Waals surface area (Å²) in [5, 5.41) is 0. The second-order valence-electron chi connectivity index (χ2n) is 8.43. The molecule has 0 unspecified atom stereocenters. The van der Waals surface area contributed by atoms with Crippen molar-refractivity contribution in [2.24, 2.45) is 0 Å². The van der Waals surface area contributed by atoms with E-state index in [1.165, 1.54) is 0 Å². The third kappa shape index (κ3) is 5.75. The number of nitrogens with one attached hydrogen (secondary N) is 1. The smallest absolute Gasteiger partial charge is 0.410 e. The van der Waals surface area contributed by atoms with Crippen molar-refractivity contribution in [3.63, 3.8) is 0 Å². The van der Waals surface area contributed by atoms with Gasteiger partial charge in [0.1, 0.15) is 12.1 Å². The van der Waals surface area contributed by atoms with Crippen LogP contribution < -0.4 is 0 Å². The number of halogens is 3. The average Bonchev–Trinajstić information content (AvgIpc) is 2.92. The van der Waals surface area contributed by atoms with Gasteiger partial charge in [-0.2, -0.15) is 13.2 Å². The summed E-state index contributed by atoms with van der Waals surface area (Å²) < 4.78 is 50.6. The molecule has 1 aromatic carbocycles. The van der Waals surface area contributed by atoms with Crippen LogP contribution in [0.4, 0.5) is 18.0 Å². The monoisotopic (exact) mass is 445 g/mol. The number of benzene rings is 1. The predicted molar refractivity (Wildman–Crippen MR) is 109 cm³/mol. The molecule has 1 amide bonds. The number of carbonyl (C=O) groups excluding carboxylic acids is 1. The van der Waals surface area contributed by atoms with Crippen LogP contribution >= 0.6 is 12.2 Å². The van der Waals surface area contributed by atoms with Gasteiger partial charge in [0, 0.05) is 25.8 Å². The van der Waals surface area contributed by atoms with Crippen molar-refractivity contribution in [2.45, 2.75) is 64.5 Å². The molecule has 1 aliphatic heterocycles. The number of hydrogen-bond acceptors (Lipinski definition) is 4. The fourth-order valence-corrected chi connectivity index (χ4v) is 3.78. The van der Waals surface area contributed by atoms with Gasteiger partial charge in [0.25, 0.3) is 0 Å². The molecule has 2 heterocycles. The van der Waals surface area contributed by atoms with Crippen molar-refractivity contribution >= 4 is 29.3 Å². The second kappa shape index (κ2) is 8.58. The topological polar surface area (TPSA) is 59.5 Å². The van der Waals surface area contributed by atoms with Crippen molar-refractivity contribution < 1.29 is 27.4 Å². The molecule has 0 atom stereocenters. The molecule has 3 rings (SSSR count). The summed E-state index contributed by atoms with van der Waals surface area (Å²) in [6.45, 7) is 5.68. The van der Waals surface area contributed by atoms with Gasteiger partial charge in [-0.3, -0.25) is 0 Å². The van der Waals surface area contributed by atoms with Crippen LogP contribution in [0, 0.1) is 4.77 Å². The lowest BCUT2D eigenvalue weighted by molar-refractivity contribution is -0.140. The quantitative estimate of drug-likeness (QED) is 0.659. The minimum absolute atomic E-state index is 0.00732. The third-order valence-electron chi connectivity index (χ3n) is 4.79. The van der Waals surface area contributed by atoms with E-state index in [0.717, 1.165) is 10.1 Å². The highest BCUT2D eigenvalue weighted by Gasteiger charge is 2.31. The highest BCUT2D eigenvalue weighted by molar-refractivity contribution is 7.71. The van der Waals surface area contributed by atoms with Crippen LogP contribution in [0.1, 0.15) is 39.2 Å². The minimum Gasteiger partial charge on any atom is -0.444 e. The van der Waals surface area contributed by atoms with Gasteiger partial charge >= 0.3 is 12.3 Å². The molecule has 10 heteroatoms. The molecular weight excluding hydrogens is 419 g/mol. The Bertz CT molecular complexity index is 956. The van der Waals surface area contributed by atoms with E-state index in [0.29, 0.717) is 37.1 Å². The molecule has 2 aromatic rings. The molecule has 0 aliphatic carbocycles. The van der Waals surface area contributed by atoms with E-state index in [-0.39, 0.29) is 17.4 Å². The molecule has 0 spiro atoms. The molecule has 1 N–H and O–H groups in total. The van der Waals surface area contributed by atoms with Gasteiger partial charge < -0.3 is 23.9 Å². The number of amides is 1. The van der Waals surface area contributed by atoms with Crippen molar-refractivity contribution in [3.8, 4) is 0 Å². The molecule has 0 radical (unpaired) electrons. The number of H-pyrrole nitrogens is 1. The summed E-state index contributed by atoms with van der Waals surface area (Å²) in [5.74, 6) is 0. The number of aromatic amines is 1. The summed E-state index contributed by atoms with van der Waals surface area (Å²) >= 11 is 5.06. The van der Waals surface area contributed by atoms with Gasteiger partial charge in [0.05, 0.1) is 11.0 Å². The van der Waals surface area contributed by atoms with Crippen LogP contribution in [-0.2, 0) is 22.6 Å². The molecule has 1 fully saturated rings. The normalized spacial score (nSPS) is 16.1. The molecule has 0 saturated carbocycles. The van der Waals surface area contributed by atoms with E-state index in [9.17, 15) is 18.0 Å². The maximum absolute atomic E-state index is 12.9. The first-order chi connectivity index (χ1) is 13.9.